The van der Waals surface area contributed by atoms with Crippen LogP contribution in [0.4, 0.5) is 17.6 Å². The van der Waals surface area contributed by atoms with E-state index in [0.29, 0.717) is 38.4 Å². The molecule has 0 bridgehead atoms. The topological polar surface area (TPSA) is 46.2 Å². The molecule has 2 fully saturated rings. The number of rotatable bonds is 7. The third-order valence-corrected chi connectivity index (χ3v) is 4.72. The minimum atomic E-state index is -3.30. The van der Waals surface area contributed by atoms with Crippen molar-refractivity contribution in [3.63, 3.8) is 0 Å². The van der Waals surface area contributed by atoms with Crippen molar-refractivity contribution in [3.8, 4) is 5.75 Å². The lowest BCUT2D eigenvalue weighted by atomic mass is 10.1. The Hall–Kier alpha value is -1.68. The lowest BCUT2D eigenvalue weighted by Gasteiger charge is -2.37. The highest BCUT2D eigenvalue weighted by molar-refractivity contribution is 5.31. The van der Waals surface area contributed by atoms with Crippen LogP contribution in [0.1, 0.15) is 18.9 Å². The van der Waals surface area contributed by atoms with Crippen molar-refractivity contribution in [2.45, 2.75) is 39.0 Å². The maximum Gasteiger partial charge on any atom is 0.387 e. The van der Waals surface area contributed by atoms with Gasteiger partial charge in [0.25, 0.3) is 0 Å². The summed E-state index contributed by atoms with van der Waals surface area (Å²) in [5.41, 5.74) is 0.296. The Morgan fingerprint density at radius 3 is 2.21 bits per heavy atom. The number of hydrogen-bond acceptors (Lipinski definition) is 5. The predicted octanol–water partition coefficient (Wildman–Crippen LogP) is 4.05. The van der Waals surface area contributed by atoms with E-state index in [1.807, 2.05) is 19.1 Å². The molecule has 162 valence electrons. The van der Waals surface area contributed by atoms with E-state index in [-0.39, 0.29) is 24.5 Å². The molecule has 0 radical (unpaired) electrons. The Morgan fingerprint density at radius 1 is 1.03 bits per heavy atom. The van der Waals surface area contributed by atoms with Crippen molar-refractivity contribution < 1.29 is 41.2 Å². The standard InChI is InChI=1S/C20H24F4O5/c1-2-3-13-8-27-19(28-9-13)14-10-25-17(26-11-14)5-4-12-6-15(21)18(16(22)7-12)29-20(23)24/h2-3,6-7,13-14,17,19-20H,4-5,8-11H2,1H3/b3-2+/t13-,14-,17-,19-. The van der Waals surface area contributed by atoms with E-state index in [2.05, 4.69) is 4.74 Å². The van der Waals surface area contributed by atoms with E-state index in [0.717, 1.165) is 12.1 Å². The van der Waals surface area contributed by atoms with Crippen LogP contribution in [0.15, 0.2) is 24.3 Å². The highest BCUT2D eigenvalue weighted by atomic mass is 19.3. The fourth-order valence-corrected chi connectivity index (χ4v) is 3.31. The summed E-state index contributed by atoms with van der Waals surface area (Å²) in [7, 11) is 0. The number of alkyl halides is 2. The largest absolute Gasteiger partial charge is 0.429 e. The van der Waals surface area contributed by atoms with Crippen LogP contribution in [-0.2, 0) is 25.4 Å². The van der Waals surface area contributed by atoms with E-state index >= 15 is 0 Å². The molecule has 0 N–H and O–H groups in total. The Kier molecular flexibility index (Phi) is 7.88. The number of halogens is 4. The van der Waals surface area contributed by atoms with Crippen LogP contribution in [-0.4, -0.2) is 45.6 Å². The number of benzene rings is 1. The predicted molar refractivity (Wildman–Crippen MR) is 94.5 cm³/mol. The minimum Gasteiger partial charge on any atom is -0.429 e. The quantitative estimate of drug-likeness (QED) is 0.492. The van der Waals surface area contributed by atoms with Crippen LogP contribution in [0.25, 0.3) is 0 Å². The Balaban J connectivity index is 1.43. The summed E-state index contributed by atoms with van der Waals surface area (Å²) in [4.78, 5) is 0. The second kappa shape index (κ2) is 10.4. The fourth-order valence-electron chi connectivity index (χ4n) is 3.31. The zero-order chi connectivity index (χ0) is 20.8. The van der Waals surface area contributed by atoms with Crippen LogP contribution >= 0.6 is 0 Å². The summed E-state index contributed by atoms with van der Waals surface area (Å²) in [6.07, 6.45) is 3.69. The monoisotopic (exact) mass is 420 g/mol. The smallest absolute Gasteiger partial charge is 0.387 e. The Morgan fingerprint density at radius 2 is 1.66 bits per heavy atom. The first-order chi connectivity index (χ1) is 14.0. The molecule has 2 aliphatic heterocycles. The van der Waals surface area contributed by atoms with E-state index in [1.54, 1.807) is 0 Å². The summed E-state index contributed by atoms with van der Waals surface area (Å²) in [5, 5.41) is 0. The highest BCUT2D eigenvalue weighted by Crippen LogP contribution is 2.27. The van der Waals surface area contributed by atoms with E-state index in [4.69, 9.17) is 18.9 Å². The van der Waals surface area contributed by atoms with E-state index in [1.165, 1.54) is 0 Å². The molecular weight excluding hydrogens is 396 g/mol. The van der Waals surface area contributed by atoms with Crippen LogP contribution in [0.5, 0.6) is 5.75 Å². The number of ether oxygens (including phenoxy) is 5. The maximum atomic E-state index is 13.8. The molecule has 0 spiro atoms. The molecule has 0 atom stereocenters. The normalized spacial score (nSPS) is 28.2. The van der Waals surface area contributed by atoms with Crippen molar-refractivity contribution in [3.05, 3.63) is 41.5 Å². The molecule has 1 aromatic rings. The first-order valence-electron chi connectivity index (χ1n) is 9.48. The van der Waals surface area contributed by atoms with Crippen molar-refractivity contribution in [1.29, 1.82) is 0 Å². The van der Waals surface area contributed by atoms with Crippen molar-refractivity contribution in [2.75, 3.05) is 26.4 Å². The molecule has 2 saturated heterocycles. The van der Waals surface area contributed by atoms with Crippen LogP contribution in [0.2, 0.25) is 0 Å². The molecule has 29 heavy (non-hydrogen) atoms. The van der Waals surface area contributed by atoms with Crippen molar-refractivity contribution in [1.82, 2.24) is 0 Å². The molecule has 0 aromatic heterocycles. The van der Waals surface area contributed by atoms with Crippen molar-refractivity contribution >= 4 is 0 Å². The van der Waals surface area contributed by atoms with Gasteiger partial charge in [-0.25, -0.2) is 8.78 Å². The summed E-state index contributed by atoms with van der Waals surface area (Å²) in [6.45, 7) is 0.576. The average Bonchev–Trinajstić information content (AvgIpc) is 2.70. The lowest BCUT2D eigenvalue weighted by molar-refractivity contribution is -0.278. The molecule has 0 saturated carbocycles. The van der Waals surface area contributed by atoms with Gasteiger partial charge in [0.2, 0.25) is 0 Å². The van der Waals surface area contributed by atoms with Gasteiger partial charge in [0.1, 0.15) is 0 Å². The molecule has 2 heterocycles. The zero-order valence-corrected chi connectivity index (χ0v) is 16.0. The fraction of sp³-hybridized carbons (Fsp3) is 0.600. The van der Waals surface area contributed by atoms with Gasteiger partial charge in [0.15, 0.2) is 30.0 Å². The third kappa shape index (κ3) is 6.15. The van der Waals surface area contributed by atoms with Gasteiger partial charge in [0, 0.05) is 12.3 Å². The first kappa shape index (κ1) is 22.0. The lowest BCUT2D eigenvalue weighted by Crippen LogP contribution is -2.44. The minimum absolute atomic E-state index is 0.0570. The van der Waals surface area contributed by atoms with Gasteiger partial charge in [-0.1, -0.05) is 12.2 Å². The highest BCUT2D eigenvalue weighted by Gasteiger charge is 2.33. The Bertz CT molecular complexity index is 660. The molecule has 0 aliphatic carbocycles. The maximum absolute atomic E-state index is 13.8. The van der Waals surface area contributed by atoms with Gasteiger partial charge >= 0.3 is 6.61 Å². The summed E-state index contributed by atoms with van der Waals surface area (Å²) < 4.78 is 78.6. The zero-order valence-electron chi connectivity index (χ0n) is 16.0. The van der Waals surface area contributed by atoms with Crippen LogP contribution in [0, 0.1) is 23.5 Å². The molecule has 1 aromatic carbocycles. The van der Waals surface area contributed by atoms with Gasteiger partial charge in [0.05, 0.1) is 32.3 Å². The van der Waals surface area contributed by atoms with Crippen molar-refractivity contribution in [2.24, 2.45) is 11.8 Å². The van der Waals surface area contributed by atoms with Gasteiger partial charge < -0.3 is 23.7 Å². The van der Waals surface area contributed by atoms with E-state index in [9.17, 15) is 17.6 Å². The van der Waals surface area contributed by atoms with E-state index < -0.39 is 30.3 Å². The molecule has 5 nitrogen and oxygen atoms in total. The molecule has 2 aliphatic rings. The van der Waals surface area contributed by atoms with Gasteiger partial charge in [-0.2, -0.15) is 8.78 Å². The van der Waals surface area contributed by atoms with Crippen LogP contribution < -0.4 is 4.74 Å². The SMILES string of the molecule is C/C=C/[C@H]1CO[C@H]([C@H]2CO[C@H](CCc3cc(F)c(OC(F)F)c(F)c3)OC2)OC1. The van der Waals surface area contributed by atoms with Crippen LogP contribution in [0.3, 0.4) is 0 Å². The number of allylic oxidation sites excluding steroid dienone is 1. The Labute approximate surface area is 166 Å². The van der Waals surface area contributed by atoms with Gasteiger partial charge in [-0.05, 0) is 31.0 Å². The molecule has 0 unspecified atom stereocenters. The third-order valence-electron chi connectivity index (χ3n) is 4.72. The van der Waals surface area contributed by atoms with Gasteiger partial charge in [-0.15, -0.1) is 0 Å². The average molecular weight is 420 g/mol. The molecular formula is C20H24F4O5. The summed E-state index contributed by atoms with van der Waals surface area (Å²) in [5.74, 6) is -3.24. The second-order valence-electron chi connectivity index (χ2n) is 6.98. The number of aryl methyl sites for hydroxylation is 1. The summed E-state index contributed by atoms with van der Waals surface area (Å²) in [6, 6.07) is 1.94. The second-order valence-corrected chi connectivity index (χ2v) is 6.98. The van der Waals surface area contributed by atoms with Gasteiger partial charge in [-0.3, -0.25) is 0 Å². The first-order valence-corrected chi connectivity index (χ1v) is 9.48. The summed E-state index contributed by atoms with van der Waals surface area (Å²) >= 11 is 0. The number of hydrogen-bond donors (Lipinski definition) is 0. The molecule has 9 heteroatoms. The molecule has 0 amide bonds. The molecule has 3 rings (SSSR count).